The van der Waals surface area contributed by atoms with Crippen molar-refractivity contribution in [3.8, 4) is 5.75 Å². The summed E-state index contributed by atoms with van der Waals surface area (Å²) in [4.78, 5) is 21.9. The summed E-state index contributed by atoms with van der Waals surface area (Å²) in [6, 6.07) is 16.4. The Hall–Kier alpha value is -3.51. The summed E-state index contributed by atoms with van der Waals surface area (Å²) in [6.07, 6.45) is 7.45. The van der Waals surface area contributed by atoms with Gasteiger partial charge < -0.3 is 24.0 Å². The van der Waals surface area contributed by atoms with Crippen molar-refractivity contribution in [2.75, 3.05) is 70.5 Å². The molecule has 2 saturated heterocycles. The zero-order valence-electron chi connectivity index (χ0n) is 27.2. The maximum atomic E-state index is 14.0. The average Bonchev–Trinajstić information content (AvgIpc) is 3.58. The molecule has 1 amide bonds. The van der Waals surface area contributed by atoms with E-state index in [2.05, 4.69) is 9.88 Å². The summed E-state index contributed by atoms with van der Waals surface area (Å²) in [5, 5.41) is 0. The Bertz CT molecular complexity index is 1520. The Balaban J connectivity index is 1.19. The molecular formula is C35H46N4O6S. The molecule has 2 aromatic carbocycles. The molecule has 11 heteroatoms. The van der Waals surface area contributed by atoms with Crippen LogP contribution >= 0.6 is 0 Å². The first-order chi connectivity index (χ1) is 22.2. The first-order valence-corrected chi connectivity index (χ1v) is 17.5. The van der Waals surface area contributed by atoms with Gasteiger partial charge in [0.05, 0.1) is 43.1 Å². The number of aryl methyl sites for hydroxylation is 2. The standard InChI is InChI=1S/C35H46N4O6S/c1-28-25-32(43-3)26-29(2)34(28)46(41,42)39(31-9-5-4-6-10-31)22-23-44-27-33(40)38-19-13-35(14-20-38,30-11-15-36-16-12-30)45-24-21-37-17-7-8-18-37/h4-6,9-12,15-16,25-26H,7-8,13-14,17-24,27H2,1-3H3. The van der Waals surface area contributed by atoms with Crippen LogP contribution in [0, 0.1) is 13.8 Å². The molecule has 0 aliphatic carbocycles. The van der Waals surface area contributed by atoms with Gasteiger partial charge in [-0.1, -0.05) is 18.2 Å². The molecule has 0 radical (unpaired) electrons. The number of nitrogens with zero attached hydrogens (tertiary/aromatic N) is 4. The van der Waals surface area contributed by atoms with Gasteiger partial charge in [0.2, 0.25) is 5.91 Å². The van der Waals surface area contributed by atoms with E-state index in [4.69, 9.17) is 14.2 Å². The highest BCUT2D eigenvalue weighted by molar-refractivity contribution is 7.93. The number of piperidine rings is 1. The number of benzene rings is 2. The number of amides is 1. The van der Waals surface area contributed by atoms with E-state index >= 15 is 0 Å². The highest BCUT2D eigenvalue weighted by Gasteiger charge is 2.38. The molecule has 0 N–H and O–H groups in total. The Morgan fingerprint density at radius 2 is 1.59 bits per heavy atom. The summed E-state index contributed by atoms with van der Waals surface area (Å²) >= 11 is 0. The number of carbonyl (C=O) groups is 1. The van der Waals surface area contributed by atoms with Crippen molar-refractivity contribution >= 4 is 21.6 Å². The first kappa shape index (κ1) is 33.8. The van der Waals surface area contributed by atoms with Gasteiger partial charge in [-0.3, -0.25) is 14.1 Å². The third kappa shape index (κ3) is 7.88. The molecule has 2 aliphatic rings. The van der Waals surface area contributed by atoms with E-state index in [1.54, 1.807) is 69.7 Å². The first-order valence-electron chi connectivity index (χ1n) is 16.1. The maximum absolute atomic E-state index is 14.0. The summed E-state index contributed by atoms with van der Waals surface area (Å²) < 4.78 is 47.1. The van der Waals surface area contributed by atoms with E-state index in [1.165, 1.54) is 17.1 Å². The van der Waals surface area contributed by atoms with Crippen LogP contribution in [0.4, 0.5) is 5.69 Å². The van der Waals surface area contributed by atoms with Gasteiger partial charge in [0.15, 0.2) is 0 Å². The Morgan fingerprint density at radius 3 is 2.22 bits per heavy atom. The Labute approximate surface area is 273 Å². The number of methoxy groups -OCH3 is 1. The van der Waals surface area contributed by atoms with E-state index in [0.29, 0.717) is 55.1 Å². The minimum absolute atomic E-state index is 0.0561. The van der Waals surface area contributed by atoms with Crippen molar-refractivity contribution in [3.05, 3.63) is 83.7 Å². The number of anilines is 1. The predicted octanol–water partition coefficient (Wildman–Crippen LogP) is 4.55. The smallest absolute Gasteiger partial charge is 0.264 e. The van der Waals surface area contributed by atoms with Crippen molar-refractivity contribution in [2.45, 2.75) is 50.0 Å². The maximum Gasteiger partial charge on any atom is 0.264 e. The van der Waals surface area contributed by atoms with Crippen LogP contribution in [0.25, 0.3) is 0 Å². The van der Waals surface area contributed by atoms with Crippen LogP contribution in [0.2, 0.25) is 0 Å². The van der Waals surface area contributed by atoms with E-state index in [1.807, 2.05) is 23.1 Å². The monoisotopic (exact) mass is 650 g/mol. The number of ether oxygens (including phenoxy) is 3. The highest BCUT2D eigenvalue weighted by atomic mass is 32.2. The molecule has 3 aromatic rings. The van der Waals surface area contributed by atoms with Crippen LogP contribution in [0.3, 0.4) is 0 Å². The fourth-order valence-electron chi connectivity index (χ4n) is 6.59. The molecule has 0 unspecified atom stereocenters. The van der Waals surface area contributed by atoms with E-state index in [9.17, 15) is 13.2 Å². The SMILES string of the molecule is COc1cc(C)c(S(=O)(=O)N(CCOCC(=O)N2CCC(OCCN3CCCC3)(c3ccncc3)CC2)c2ccccc2)c(C)c1. The van der Waals surface area contributed by atoms with Gasteiger partial charge in [-0.2, -0.15) is 0 Å². The summed E-state index contributed by atoms with van der Waals surface area (Å²) in [7, 11) is -2.37. The molecule has 0 bridgehead atoms. The van der Waals surface area contributed by atoms with Gasteiger partial charge in [-0.05, 0) is 106 Å². The normalized spacial score (nSPS) is 16.8. The van der Waals surface area contributed by atoms with Gasteiger partial charge in [0, 0.05) is 32.0 Å². The fraction of sp³-hybridized carbons (Fsp3) is 0.486. The molecule has 5 rings (SSSR count). The summed E-state index contributed by atoms with van der Waals surface area (Å²) in [6.45, 7) is 8.44. The number of rotatable bonds is 14. The zero-order chi connectivity index (χ0) is 32.6. The van der Waals surface area contributed by atoms with Crippen molar-refractivity contribution in [3.63, 3.8) is 0 Å². The molecule has 10 nitrogen and oxygen atoms in total. The van der Waals surface area contributed by atoms with Gasteiger partial charge in [-0.25, -0.2) is 8.42 Å². The fourth-order valence-corrected chi connectivity index (χ4v) is 8.46. The third-order valence-corrected chi connectivity index (χ3v) is 11.2. The van der Waals surface area contributed by atoms with Crippen molar-refractivity contribution in [1.29, 1.82) is 0 Å². The molecule has 2 aliphatic heterocycles. The summed E-state index contributed by atoms with van der Waals surface area (Å²) in [5.41, 5.74) is 2.36. The topological polar surface area (TPSA) is 102 Å². The molecule has 46 heavy (non-hydrogen) atoms. The van der Waals surface area contributed by atoms with Crippen LogP contribution < -0.4 is 9.04 Å². The lowest BCUT2D eigenvalue weighted by atomic mass is 9.84. The second-order valence-corrected chi connectivity index (χ2v) is 13.9. The minimum atomic E-state index is -3.93. The third-order valence-electron chi connectivity index (χ3n) is 9.04. The van der Waals surface area contributed by atoms with Gasteiger partial charge in [0.1, 0.15) is 12.4 Å². The number of sulfonamides is 1. The quantitative estimate of drug-likeness (QED) is 0.235. The molecule has 0 spiro atoms. The van der Waals surface area contributed by atoms with E-state index < -0.39 is 15.6 Å². The number of aromatic nitrogens is 1. The molecular weight excluding hydrogens is 604 g/mol. The Morgan fingerprint density at radius 1 is 0.935 bits per heavy atom. The molecule has 0 saturated carbocycles. The number of para-hydroxylation sites is 1. The van der Waals surface area contributed by atoms with Gasteiger partial charge in [0.25, 0.3) is 10.0 Å². The number of pyridine rings is 1. The van der Waals surface area contributed by atoms with Gasteiger partial charge >= 0.3 is 0 Å². The number of hydrogen-bond donors (Lipinski definition) is 0. The van der Waals surface area contributed by atoms with E-state index in [0.717, 1.165) is 25.2 Å². The largest absolute Gasteiger partial charge is 0.497 e. The Kier molecular flexibility index (Phi) is 11.3. The molecule has 248 valence electrons. The lowest BCUT2D eigenvalue weighted by Crippen LogP contribution is -2.48. The minimum Gasteiger partial charge on any atom is -0.497 e. The second kappa shape index (κ2) is 15.4. The number of likely N-dealkylation sites (tertiary alicyclic amines) is 2. The highest BCUT2D eigenvalue weighted by Crippen LogP contribution is 2.37. The lowest BCUT2D eigenvalue weighted by molar-refractivity contribution is -0.144. The average molecular weight is 651 g/mol. The molecule has 2 fully saturated rings. The molecule has 1 aromatic heterocycles. The zero-order valence-corrected chi connectivity index (χ0v) is 28.0. The van der Waals surface area contributed by atoms with Crippen molar-refractivity contribution < 1.29 is 27.4 Å². The predicted molar refractivity (Wildman–Crippen MR) is 178 cm³/mol. The molecule has 3 heterocycles. The molecule has 0 atom stereocenters. The van der Waals surface area contributed by atoms with Crippen LogP contribution in [0.15, 0.2) is 71.9 Å². The van der Waals surface area contributed by atoms with Crippen LogP contribution in [0.5, 0.6) is 5.75 Å². The lowest BCUT2D eigenvalue weighted by Gasteiger charge is -2.42. The van der Waals surface area contributed by atoms with Gasteiger partial charge in [-0.15, -0.1) is 0 Å². The second-order valence-electron chi connectivity index (χ2n) is 12.1. The van der Waals surface area contributed by atoms with Crippen molar-refractivity contribution in [1.82, 2.24) is 14.8 Å². The van der Waals surface area contributed by atoms with Crippen LogP contribution in [0.1, 0.15) is 42.4 Å². The van der Waals surface area contributed by atoms with Crippen LogP contribution in [-0.2, 0) is 29.9 Å². The number of carbonyl (C=O) groups excluding carboxylic acids is 1. The van der Waals surface area contributed by atoms with Crippen LogP contribution in [-0.4, -0.2) is 95.3 Å². The van der Waals surface area contributed by atoms with Crippen molar-refractivity contribution in [2.24, 2.45) is 0 Å². The van der Waals surface area contributed by atoms with E-state index in [-0.39, 0.29) is 30.6 Å². The number of hydrogen-bond acceptors (Lipinski definition) is 8. The summed E-state index contributed by atoms with van der Waals surface area (Å²) in [5.74, 6) is 0.489.